The molecule has 2 N–H and O–H groups in total. The van der Waals surface area contributed by atoms with Gasteiger partial charge in [-0.2, -0.15) is 0 Å². The Balaban J connectivity index is 1.52. The van der Waals surface area contributed by atoms with Gasteiger partial charge in [-0.3, -0.25) is 9.79 Å². The number of benzene rings is 2. The first-order chi connectivity index (χ1) is 13.2. The zero-order chi connectivity index (χ0) is 19.1. The minimum atomic E-state index is -0.0680. The third-order valence-corrected chi connectivity index (χ3v) is 4.81. The van der Waals surface area contributed by atoms with Gasteiger partial charge in [0, 0.05) is 58.1 Å². The lowest BCUT2D eigenvalue weighted by atomic mass is 10.1. The SMILES string of the molecule is CN=C(NCc1ccc(C(=O)NC)cc1)N1CCN(c2ccccc2)CC1. The molecule has 0 aliphatic carbocycles. The van der Waals surface area contributed by atoms with Crippen molar-refractivity contribution in [2.24, 2.45) is 4.99 Å². The fraction of sp³-hybridized carbons (Fsp3) is 0.333. The molecule has 2 aromatic rings. The van der Waals surface area contributed by atoms with Crippen LogP contribution in [0.1, 0.15) is 15.9 Å². The number of carbonyl (C=O) groups excluding carboxylic acids is 1. The molecular weight excluding hydrogens is 338 g/mol. The summed E-state index contributed by atoms with van der Waals surface area (Å²) < 4.78 is 0. The van der Waals surface area contributed by atoms with Crippen LogP contribution in [0.15, 0.2) is 59.6 Å². The number of hydrogen-bond donors (Lipinski definition) is 2. The van der Waals surface area contributed by atoms with Crippen molar-refractivity contribution in [3.8, 4) is 0 Å². The number of amides is 1. The van der Waals surface area contributed by atoms with E-state index in [0.717, 1.165) is 37.7 Å². The lowest BCUT2D eigenvalue weighted by Crippen LogP contribution is -2.52. The van der Waals surface area contributed by atoms with Crippen LogP contribution in [0, 0.1) is 0 Å². The number of hydrogen-bond acceptors (Lipinski definition) is 3. The molecule has 0 atom stereocenters. The van der Waals surface area contributed by atoms with Crippen LogP contribution in [-0.2, 0) is 6.54 Å². The smallest absolute Gasteiger partial charge is 0.251 e. The summed E-state index contributed by atoms with van der Waals surface area (Å²) in [6.07, 6.45) is 0. The number of para-hydroxylation sites is 1. The highest BCUT2D eigenvalue weighted by Crippen LogP contribution is 2.15. The van der Waals surface area contributed by atoms with Gasteiger partial charge < -0.3 is 20.4 Å². The second-order valence-corrected chi connectivity index (χ2v) is 6.49. The van der Waals surface area contributed by atoms with Gasteiger partial charge in [0.25, 0.3) is 5.91 Å². The van der Waals surface area contributed by atoms with Crippen molar-refractivity contribution in [1.29, 1.82) is 0 Å². The van der Waals surface area contributed by atoms with Crippen molar-refractivity contribution in [1.82, 2.24) is 15.5 Å². The van der Waals surface area contributed by atoms with E-state index < -0.39 is 0 Å². The van der Waals surface area contributed by atoms with Crippen molar-refractivity contribution >= 4 is 17.6 Å². The predicted octanol–water partition coefficient (Wildman–Crippen LogP) is 1.94. The summed E-state index contributed by atoms with van der Waals surface area (Å²) in [5.74, 6) is 0.847. The van der Waals surface area contributed by atoms with Gasteiger partial charge >= 0.3 is 0 Å². The number of anilines is 1. The number of guanidine groups is 1. The Bertz CT molecular complexity index is 765. The molecule has 0 saturated carbocycles. The summed E-state index contributed by atoms with van der Waals surface area (Å²) in [5.41, 5.74) is 3.06. The molecule has 142 valence electrons. The number of rotatable bonds is 4. The van der Waals surface area contributed by atoms with E-state index in [1.807, 2.05) is 37.4 Å². The van der Waals surface area contributed by atoms with Crippen molar-refractivity contribution in [2.45, 2.75) is 6.54 Å². The maximum Gasteiger partial charge on any atom is 0.251 e. The normalized spacial score (nSPS) is 14.8. The first-order valence-corrected chi connectivity index (χ1v) is 9.28. The Kier molecular flexibility index (Phi) is 6.30. The third-order valence-electron chi connectivity index (χ3n) is 4.81. The van der Waals surface area contributed by atoms with Crippen LogP contribution < -0.4 is 15.5 Å². The highest BCUT2D eigenvalue weighted by Gasteiger charge is 2.19. The van der Waals surface area contributed by atoms with Gasteiger partial charge in [0.15, 0.2) is 5.96 Å². The minimum absolute atomic E-state index is 0.0680. The molecule has 6 heteroatoms. The monoisotopic (exact) mass is 365 g/mol. The number of carbonyl (C=O) groups is 1. The molecule has 1 amide bonds. The van der Waals surface area contributed by atoms with Crippen LogP contribution in [0.5, 0.6) is 0 Å². The van der Waals surface area contributed by atoms with Gasteiger partial charge in [0.2, 0.25) is 0 Å². The van der Waals surface area contributed by atoms with Gasteiger partial charge in [-0.25, -0.2) is 0 Å². The van der Waals surface area contributed by atoms with E-state index in [2.05, 4.69) is 49.7 Å². The quantitative estimate of drug-likeness (QED) is 0.642. The fourth-order valence-corrected chi connectivity index (χ4v) is 3.25. The fourth-order valence-electron chi connectivity index (χ4n) is 3.25. The highest BCUT2D eigenvalue weighted by atomic mass is 16.1. The molecule has 1 aliphatic rings. The maximum absolute atomic E-state index is 11.6. The minimum Gasteiger partial charge on any atom is -0.368 e. The van der Waals surface area contributed by atoms with Crippen molar-refractivity contribution < 1.29 is 4.79 Å². The van der Waals surface area contributed by atoms with Crippen molar-refractivity contribution in [3.63, 3.8) is 0 Å². The summed E-state index contributed by atoms with van der Waals surface area (Å²) in [6, 6.07) is 18.2. The van der Waals surface area contributed by atoms with Crippen LogP contribution in [0.3, 0.4) is 0 Å². The standard InChI is InChI=1S/C21H27N5O/c1-22-20(27)18-10-8-17(9-11-18)16-24-21(23-2)26-14-12-25(13-15-26)19-6-4-3-5-7-19/h3-11H,12-16H2,1-2H3,(H,22,27)(H,23,24). The lowest BCUT2D eigenvalue weighted by Gasteiger charge is -2.37. The summed E-state index contributed by atoms with van der Waals surface area (Å²) in [5, 5.41) is 6.06. The van der Waals surface area contributed by atoms with Gasteiger partial charge in [-0.15, -0.1) is 0 Å². The molecule has 0 unspecified atom stereocenters. The van der Waals surface area contributed by atoms with Gasteiger partial charge in [0.05, 0.1) is 0 Å². The highest BCUT2D eigenvalue weighted by molar-refractivity contribution is 5.93. The first kappa shape index (κ1) is 18.8. The predicted molar refractivity (Wildman–Crippen MR) is 110 cm³/mol. The average Bonchev–Trinajstić information content (AvgIpc) is 2.75. The Morgan fingerprint density at radius 3 is 2.26 bits per heavy atom. The van der Waals surface area contributed by atoms with E-state index in [1.54, 1.807) is 7.05 Å². The van der Waals surface area contributed by atoms with Crippen molar-refractivity contribution in [3.05, 3.63) is 65.7 Å². The Labute approximate surface area is 160 Å². The van der Waals surface area contributed by atoms with Crippen molar-refractivity contribution in [2.75, 3.05) is 45.2 Å². The summed E-state index contributed by atoms with van der Waals surface area (Å²) >= 11 is 0. The van der Waals surface area contributed by atoms with Gasteiger partial charge in [-0.05, 0) is 29.8 Å². The van der Waals surface area contributed by atoms with Gasteiger partial charge in [-0.1, -0.05) is 30.3 Å². The molecule has 1 aliphatic heterocycles. The van der Waals surface area contributed by atoms with Crippen LogP contribution >= 0.6 is 0 Å². The van der Waals surface area contributed by atoms with Crippen LogP contribution in [0.4, 0.5) is 5.69 Å². The molecule has 0 bridgehead atoms. The molecule has 2 aromatic carbocycles. The van der Waals surface area contributed by atoms with Crippen LogP contribution in [0.2, 0.25) is 0 Å². The average molecular weight is 365 g/mol. The number of aliphatic imine (C=N–C) groups is 1. The van der Waals surface area contributed by atoms with Crippen LogP contribution in [-0.4, -0.2) is 57.0 Å². The topological polar surface area (TPSA) is 60.0 Å². The molecule has 0 aromatic heterocycles. The zero-order valence-electron chi connectivity index (χ0n) is 16.0. The number of nitrogens with zero attached hydrogens (tertiary/aromatic N) is 3. The van der Waals surface area contributed by atoms with E-state index in [9.17, 15) is 4.79 Å². The molecule has 6 nitrogen and oxygen atoms in total. The van der Waals surface area contributed by atoms with E-state index in [-0.39, 0.29) is 5.91 Å². The summed E-state index contributed by atoms with van der Waals surface area (Å²) in [7, 11) is 3.46. The molecule has 0 radical (unpaired) electrons. The second-order valence-electron chi connectivity index (χ2n) is 6.49. The molecule has 1 heterocycles. The van der Waals surface area contributed by atoms with E-state index >= 15 is 0 Å². The largest absolute Gasteiger partial charge is 0.368 e. The Morgan fingerprint density at radius 1 is 1.00 bits per heavy atom. The summed E-state index contributed by atoms with van der Waals surface area (Å²) in [6.45, 7) is 4.50. The number of piperazine rings is 1. The molecular formula is C21H27N5O. The Hall–Kier alpha value is -3.02. The molecule has 1 saturated heterocycles. The van der Waals surface area contributed by atoms with Crippen LogP contribution in [0.25, 0.3) is 0 Å². The number of nitrogens with one attached hydrogen (secondary N) is 2. The lowest BCUT2D eigenvalue weighted by molar-refractivity contribution is 0.0963. The van der Waals surface area contributed by atoms with Gasteiger partial charge in [0.1, 0.15) is 0 Å². The zero-order valence-corrected chi connectivity index (χ0v) is 16.0. The molecule has 1 fully saturated rings. The second kappa shape index (κ2) is 9.07. The van der Waals surface area contributed by atoms with E-state index in [1.165, 1.54) is 5.69 Å². The van der Waals surface area contributed by atoms with E-state index in [0.29, 0.717) is 12.1 Å². The van der Waals surface area contributed by atoms with E-state index in [4.69, 9.17) is 0 Å². The maximum atomic E-state index is 11.6. The summed E-state index contributed by atoms with van der Waals surface area (Å²) in [4.78, 5) is 20.7. The molecule has 3 rings (SSSR count). The molecule has 27 heavy (non-hydrogen) atoms. The first-order valence-electron chi connectivity index (χ1n) is 9.28. The molecule has 0 spiro atoms. The third kappa shape index (κ3) is 4.78. The Morgan fingerprint density at radius 2 is 1.67 bits per heavy atom.